The lowest BCUT2D eigenvalue weighted by Gasteiger charge is -2.12. The van der Waals surface area contributed by atoms with Crippen molar-refractivity contribution in [3.63, 3.8) is 0 Å². The number of aromatic nitrogens is 5. The van der Waals surface area contributed by atoms with Crippen LogP contribution in [0.2, 0.25) is 0 Å². The molecule has 1 aliphatic rings. The quantitative estimate of drug-likeness (QED) is 0.444. The standard InChI is InChI=1S/C23H22N6O2S/c1-13-14(2)32-23-20(13)21(16-5-7-17(8-6-16)28-10-9-24-12-28)25-18(11-19(30)31-4)22-27-26-15(3)29(22)23/h5-10,12,18H,11H2,1-4H3/t18-/m0/s1. The van der Waals surface area contributed by atoms with Gasteiger partial charge in [0.15, 0.2) is 5.82 Å². The summed E-state index contributed by atoms with van der Waals surface area (Å²) in [5, 5.41) is 9.71. The number of nitrogens with zero attached hydrogens (tertiary/aromatic N) is 6. The maximum atomic E-state index is 12.2. The van der Waals surface area contributed by atoms with Crippen molar-refractivity contribution in [1.29, 1.82) is 0 Å². The fourth-order valence-corrected chi connectivity index (χ4v) is 5.18. The van der Waals surface area contributed by atoms with E-state index in [0.717, 1.165) is 33.4 Å². The maximum Gasteiger partial charge on any atom is 0.308 e. The van der Waals surface area contributed by atoms with E-state index in [0.29, 0.717) is 5.82 Å². The second kappa shape index (κ2) is 7.83. The third-order valence-electron chi connectivity index (χ3n) is 5.77. The minimum atomic E-state index is -0.494. The topological polar surface area (TPSA) is 87.2 Å². The van der Waals surface area contributed by atoms with E-state index in [1.807, 2.05) is 34.4 Å². The Balaban J connectivity index is 1.70. The summed E-state index contributed by atoms with van der Waals surface area (Å²) in [5.74, 6) is 1.09. The number of methoxy groups -OCH3 is 1. The highest BCUT2D eigenvalue weighted by atomic mass is 32.1. The molecular weight excluding hydrogens is 424 g/mol. The Kier molecular flexibility index (Phi) is 4.97. The normalized spacial score (nSPS) is 15.0. The zero-order valence-electron chi connectivity index (χ0n) is 18.2. The molecule has 0 amide bonds. The summed E-state index contributed by atoms with van der Waals surface area (Å²) in [4.78, 5) is 22.6. The van der Waals surface area contributed by atoms with Crippen LogP contribution in [0.15, 0.2) is 48.0 Å². The zero-order valence-corrected chi connectivity index (χ0v) is 19.1. The Hall–Kier alpha value is -3.59. The molecule has 0 bridgehead atoms. The van der Waals surface area contributed by atoms with E-state index < -0.39 is 6.04 Å². The molecule has 8 nitrogen and oxygen atoms in total. The number of hydrogen-bond acceptors (Lipinski definition) is 7. The van der Waals surface area contributed by atoms with Crippen molar-refractivity contribution in [3.05, 3.63) is 76.2 Å². The lowest BCUT2D eigenvalue weighted by atomic mass is 9.99. The molecule has 0 spiro atoms. The number of carbonyl (C=O) groups is 1. The Morgan fingerprint density at radius 1 is 1.16 bits per heavy atom. The van der Waals surface area contributed by atoms with Crippen molar-refractivity contribution in [3.8, 4) is 10.7 Å². The van der Waals surface area contributed by atoms with Gasteiger partial charge in [0, 0.05) is 34.1 Å². The SMILES string of the molecule is COC(=O)C[C@@H]1N=C(c2ccc(-n3ccnc3)cc2)c2c(sc(C)c2C)-n2c(C)nnc21. The van der Waals surface area contributed by atoms with Crippen LogP contribution in [0.25, 0.3) is 10.7 Å². The number of ether oxygens (including phenoxy) is 1. The van der Waals surface area contributed by atoms with Gasteiger partial charge in [0.05, 0.1) is 25.6 Å². The van der Waals surface area contributed by atoms with Crippen LogP contribution in [-0.2, 0) is 9.53 Å². The highest BCUT2D eigenvalue weighted by molar-refractivity contribution is 7.15. The second-order valence-corrected chi connectivity index (χ2v) is 8.90. The molecule has 1 aliphatic heterocycles. The van der Waals surface area contributed by atoms with E-state index in [4.69, 9.17) is 9.73 Å². The average molecular weight is 447 g/mol. The Morgan fingerprint density at radius 2 is 1.94 bits per heavy atom. The highest BCUT2D eigenvalue weighted by Crippen LogP contribution is 2.39. The van der Waals surface area contributed by atoms with Gasteiger partial charge in [-0.3, -0.25) is 14.4 Å². The summed E-state index contributed by atoms with van der Waals surface area (Å²) in [7, 11) is 1.39. The van der Waals surface area contributed by atoms with Gasteiger partial charge in [0.1, 0.15) is 16.9 Å². The van der Waals surface area contributed by atoms with E-state index >= 15 is 0 Å². The molecule has 0 fully saturated rings. The molecule has 0 N–H and O–H groups in total. The monoisotopic (exact) mass is 446 g/mol. The molecule has 162 valence electrons. The lowest BCUT2D eigenvalue weighted by molar-refractivity contribution is -0.141. The maximum absolute atomic E-state index is 12.2. The van der Waals surface area contributed by atoms with Gasteiger partial charge >= 0.3 is 5.97 Å². The summed E-state index contributed by atoms with van der Waals surface area (Å²) in [5.41, 5.74) is 5.05. The smallest absolute Gasteiger partial charge is 0.308 e. The van der Waals surface area contributed by atoms with Crippen LogP contribution >= 0.6 is 11.3 Å². The minimum Gasteiger partial charge on any atom is -0.469 e. The molecular formula is C23H22N6O2S. The van der Waals surface area contributed by atoms with Gasteiger partial charge < -0.3 is 9.30 Å². The van der Waals surface area contributed by atoms with Crippen LogP contribution in [-0.4, -0.2) is 43.1 Å². The number of benzene rings is 1. The number of aryl methyl sites for hydroxylation is 2. The minimum absolute atomic E-state index is 0.0955. The zero-order chi connectivity index (χ0) is 22.4. The summed E-state index contributed by atoms with van der Waals surface area (Å²) in [6, 6.07) is 7.70. The molecule has 0 saturated carbocycles. The van der Waals surface area contributed by atoms with E-state index in [-0.39, 0.29) is 12.4 Å². The van der Waals surface area contributed by atoms with Crippen molar-refractivity contribution >= 4 is 23.0 Å². The first-order chi connectivity index (χ1) is 15.5. The Labute approximate surface area is 189 Å². The number of fused-ring (bicyclic) bond motifs is 3. The number of esters is 1. The van der Waals surface area contributed by atoms with Crippen molar-refractivity contribution in [1.82, 2.24) is 24.3 Å². The van der Waals surface area contributed by atoms with E-state index in [9.17, 15) is 4.79 Å². The van der Waals surface area contributed by atoms with E-state index in [1.54, 1.807) is 23.9 Å². The predicted molar refractivity (Wildman–Crippen MR) is 122 cm³/mol. The third kappa shape index (κ3) is 3.25. The molecule has 0 radical (unpaired) electrons. The highest BCUT2D eigenvalue weighted by Gasteiger charge is 2.32. The average Bonchev–Trinajstić information content (AvgIpc) is 3.50. The molecule has 4 heterocycles. The summed E-state index contributed by atoms with van der Waals surface area (Å²) in [6.45, 7) is 6.14. The number of thiophene rings is 1. The number of imidazole rings is 1. The van der Waals surface area contributed by atoms with Crippen molar-refractivity contribution in [2.24, 2.45) is 4.99 Å². The van der Waals surface area contributed by atoms with Crippen LogP contribution in [0.1, 0.15) is 45.7 Å². The van der Waals surface area contributed by atoms with Gasteiger partial charge in [-0.05, 0) is 38.5 Å². The van der Waals surface area contributed by atoms with Gasteiger partial charge in [0.25, 0.3) is 0 Å². The number of aliphatic imine (C=N–C) groups is 1. The predicted octanol–water partition coefficient (Wildman–Crippen LogP) is 3.89. The first-order valence-electron chi connectivity index (χ1n) is 10.2. The van der Waals surface area contributed by atoms with Gasteiger partial charge in [-0.15, -0.1) is 21.5 Å². The van der Waals surface area contributed by atoms with Crippen molar-refractivity contribution < 1.29 is 9.53 Å². The van der Waals surface area contributed by atoms with Crippen LogP contribution in [0.3, 0.4) is 0 Å². The van der Waals surface area contributed by atoms with E-state index in [1.165, 1.54) is 17.6 Å². The third-order valence-corrected chi connectivity index (χ3v) is 6.96. The van der Waals surface area contributed by atoms with Crippen molar-refractivity contribution in [2.75, 3.05) is 7.11 Å². The summed E-state index contributed by atoms with van der Waals surface area (Å²) in [6.07, 6.45) is 5.52. The van der Waals surface area contributed by atoms with Gasteiger partial charge in [-0.25, -0.2) is 4.98 Å². The molecule has 0 unspecified atom stereocenters. The molecule has 0 aliphatic carbocycles. The Morgan fingerprint density at radius 3 is 2.62 bits per heavy atom. The molecule has 9 heteroatoms. The molecule has 1 aromatic carbocycles. The number of carbonyl (C=O) groups excluding carboxylic acids is 1. The molecule has 1 atom stereocenters. The van der Waals surface area contributed by atoms with Crippen LogP contribution < -0.4 is 0 Å². The lowest BCUT2D eigenvalue weighted by Crippen LogP contribution is -2.12. The molecule has 5 rings (SSSR count). The Bertz CT molecular complexity index is 1330. The van der Waals surface area contributed by atoms with Gasteiger partial charge in [-0.1, -0.05) is 12.1 Å². The number of hydrogen-bond donors (Lipinski definition) is 0. The van der Waals surface area contributed by atoms with Crippen LogP contribution in [0.5, 0.6) is 0 Å². The van der Waals surface area contributed by atoms with Crippen molar-refractivity contribution in [2.45, 2.75) is 33.2 Å². The molecule has 4 aromatic rings. The first kappa shape index (κ1) is 20.3. The second-order valence-electron chi connectivity index (χ2n) is 7.69. The number of rotatable bonds is 4. The van der Waals surface area contributed by atoms with Gasteiger partial charge in [-0.2, -0.15) is 0 Å². The fourth-order valence-electron chi connectivity index (χ4n) is 3.97. The van der Waals surface area contributed by atoms with Crippen LogP contribution in [0.4, 0.5) is 0 Å². The summed E-state index contributed by atoms with van der Waals surface area (Å²) < 4.78 is 8.93. The van der Waals surface area contributed by atoms with Gasteiger partial charge in [0.2, 0.25) is 0 Å². The van der Waals surface area contributed by atoms with E-state index in [2.05, 4.69) is 41.2 Å². The summed E-state index contributed by atoms with van der Waals surface area (Å²) >= 11 is 1.69. The first-order valence-corrected chi connectivity index (χ1v) is 11.1. The largest absolute Gasteiger partial charge is 0.469 e. The fraction of sp³-hybridized carbons (Fsp3) is 0.261. The molecule has 0 saturated heterocycles. The molecule has 32 heavy (non-hydrogen) atoms. The molecule has 3 aromatic heterocycles. The van der Waals surface area contributed by atoms with Crippen LogP contribution in [0, 0.1) is 20.8 Å².